The average Bonchev–Trinajstić information content (AvgIpc) is 3.66. The molecule has 2 fully saturated rings. The lowest BCUT2D eigenvalue weighted by Gasteiger charge is -2.32. The molecule has 6 rings (SSSR count). The number of benzene rings is 2. The number of nitrogens with zero attached hydrogens (tertiary/aromatic N) is 2. The molecule has 4 aromatic rings. The Labute approximate surface area is 329 Å². The predicted molar refractivity (Wildman–Crippen MR) is 209 cm³/mol. The van der Waals surface area contributed by atoms with Gasteiger partial charge in [0.25, 0.3) is 0 Å². The van der Waals surface area contributed by atoms with Crippen molar-refractivity contribution < 1.29 is 45.3 Å². The number of piperidine rings is 2. The lowest BCUT2D eigenvalue weighted by molar-refractivity contribution is -0.149. The van der Waals surface area contributed by atoms with Gasteiger partial charge in [-0.15, -0.1) is 12.4 Å². The molecule has 56 heavy (non-hydrogen) atoms. The highest BCUT2D eigenvalue weighted by Crippen LogP contribution is 2.30. The van der Waals surface area contributed by atoms with Gasteiger partial charge in [0, 0.05) is 34.2 Å². The maximum absolute atomic E-state index is 12.5. The van der Waals surface area contributed by atoms with Crippen LogP contribution in [0.2, 0.25) is 0 Å². The Bertz CT molecular complexity index is 1830. The first-order valence-corrected chi connectivity index (χ1v) is 18.7. The zero-order valence-corrected chi connectivity index (χ0v) is 32.8. The molecule has 4 heterocycles. The molecule has 312 valence electrons. The predicted octanol–water partition coefficient (Wildman–Crippen LogP) is 9.77. The maximum Gasteiger partial charge on any atom is 0.412 e. The first-order chi connectivity index (χ1) is 25.9. The highest BCUT2D eigenvalue weighted by atomic mass is 35.5. The van der Waals surface area contributed by atoms with Gasteiger partial charge in [0.15, 0.2) is 0 Å². The lowest BCUT2D eigenvalue weighted by atomic mass is 9.94. The van der Waals surface area contributed by atoms with Gasteiger partial charge in [0.05, 0.1) is 37.7 Å². The summed E-state index contributed by atoms with van der Waals surface area (Å²) in [5.41, 5.74) is 8.40. The van der Waals surface area contributed by atoms with Crippen LogP contribution in [-0.4, -0.2) is 96.3 Å². The molecule has 5 N–H and O–H groups in total. The molecular weight excluding hydrogens is 766 g/mol. The van der Waals surface area contributed by atoms with E-state index in [1.807, 2.05) is 36.4 Å². The summed E-state index contributed by atoms with van der Waals surface area (Å²) in [7, 11) is 0. The van der Waals surface area contributed by atoms with Crippen molar-refractivity contribution in [2.45, 2.75) is 77.2 Å². The van der Waals surface area contributed by atoms with E-state index in [0.29, 0.717) is 68.4 Å². The quantitative estimate of drug-likeness (QED) is 0.111. The third-order valence-corrected chi connectivity index (χ3v) is 9.78. The number of hydrogen-bond donors (Lipinski definition) is 4. The molecule has 0 atom stereocenters. The van der Waals surface area contributed by atoms with E-state index in [2.05, 4.69) is 15.3 Å². The van der Waals surface area contributed by atoms with Crippen molar-refractivity contribution in [2.24, 2.45) is 11.8 Å². The molecule has 2 aliphatic heterocycles. The van der Waals surface area contributed by atoms with E-state index >= 15 is 0 Å². The van der Waals surface area contributed by atoms with Crippen LogP contribution in [0.15, 0.2) is 48.8 Å². The minimum absolute atomic E-state index is 0. The smallest absolute Gasteiger partial charge is 0.412 e. The van der Waals surface area contributed by atoms with E-state index in [9.17, 15) is 31.1 Å². The minimum atomic E-state index is -4.13. The van der Waals surface area contributed by atoms with Crippen LogP contribution >= 0.6 is 12.4 Å². The van der Waals surface area contributed by atoms with Crippen molar-refractivity contribution in [1.29, 1.82) is 0 Å². The molecule has 10 nitrogen and oxygen atoms in total. The molecule has 2 aromatic heterocycles. The number of rotatable bonds is 11. The Morgan fingerprint density at radius 2 is 1.20 bits per heavy atom. The van der Waals surface area contributed by atoms with Crippen LogP contribution in [0.3, 0.4) is 0 Å². The van der Waals surface area contributed by atoms with Gasteiger partial charge in [-0.1, -0.05) is 0 Å². The summed E-state index contributed by atoms with van der Waals surface area (Å²) >= 11 is 0. The fourth-order valence-electron chi connectivity index (χ4n) is 6.98. The van der Waals surface area contributed by atoms with Crippen LogP contribution in [0.1, 0.15) is 59.3 Å². The minimum Gasteiger partial charge on any atom is -0.494 e. The van der Waals surface area contributed by atoms with Gasteiger partial charge in [0.2, 0.25) is 0 Å². The summed E-state index contributed by atoms with van der Waals surface area (Å²) in [6.07, 6.45) is -0.562. The van der Waals surface area contributed by atoms with Gasteiger partial charge >= 0.3 is 18.4 Å². The number of alkyl halides is 6. The van der Waals surface area contributed by atoms with E-state index in [1.165, 1.54) is 9.80 Å². The number of amides is 1. The third kappa shape index (κ3) is 14.5. The van der Waals surface area contributed by atoms with Gasteiger partial charge in [-0.25, -0.2) is 4.79 Å². The van der Waals surface area contributed by atoms with E-state index in [0.717, 1.165) is 66.1 Å². The summed E-state index contributed by atoms with van der Waals surface area (Å²) in [6.45, 7) is 6.80. The van der Waals surface area contributed by atoms with Crippen molar-refractivity contribution in [3.63, 3.8) is 0 Å². The largest absolute Gasteiger partial charge is 0.494 e. The summed E-state index contributed by atoms with van der Waals surface area (Å²) in [6, 6.07) is 11.3. The van der Waals surface area contributed by atoms with Gasteiger partial charge in [-0.3, -0.25) is 15.1 Å². The number of nitrogens with one attached hydrogen (secondary N) is 3. The van der Waals surface area contributed by atoms with Crippen molar-refractivity contribution in [3.05, 3.63) is 48.8 Å². The second-order valence-electron chi connectivity index (χ2n) is 15.4. The second-order valence-corrected chi connectivity index (χ2v) is 15.4. The van der Waals surface area contributed by atoms with Gasteiger partial charge in [-0.05, 0) is 134 Å². The Kier molecular flexibility index (Phi) is 15.5. The van der Waals surface area contributed by atoms with E-state index in [-0.39, 0.29) is 12.4 Å². The topological polar surface area (TPSA) is 121 Å². The van der Waals surface area contributed by atoms with Gasteiger partial charge in [-0.2, -0.15) is 26.3 Å². The Morgan fingerprint density at radius 1 is 0.750 bits per heavy atom. The van der Waals surface area contributed by atoms with Crippen LogP contribution in [0.5, 0.6) is 11.5 Å². The number of likely N-dealkylation sites (tertiary alicyclic amines) is 2. The Morgan fingerprint density at radius 3 is 1.66 bits per heavy atom. The zero-order valence-electron chi connectivity index (χ0n) is 32.0. The molecular formula is C39H53ClF6N6O4. The number of halogens is 7. The SMILES string of the molecule is CC(C)(C)OC(=O)Nc1c[nH]c2ccc(OCCC3CCN(CC(F)(F)F)CC3)cc12.Cl.Nc1c[nH]c2ccc(OCCC3CCN(CC(F)(F)F)CC3)cc12. The molecule has 0 bridgehead atoms. The van der Waals surface area contributed by atoms with Crippen LogP contribution < -0.4 is 20.5 Å². The van der Waals surface area contributed by atoms with Gasteiger partial charge in [0.1, 0.15) is 17.1 Å². The molecule has 0 radical (unpaired) electrons. The number of ether oxygens (including phenoxy) is 3. The molecule has 2 aromatic carbocycles. The van der Waals surface area contributed by atoms with Crippen LogP contribution in [-0.2, 0) is 4.74 Å². The van der Waals surface area contributed by atoms with E-state index in [1.54, 1.807) is 33.2 Å². The molecule has 0 aliphatic carbocycles. The number of aromatic nitrogens is 2. The number of nitrogens with two attached hydrogens (primary N) is 1. The van der Waals surface area contributed by atoms with Crippen LogP contribution in [0.4, 0.5) is 42.5 Å². The second kappa shape index (κ2) is 19.4. The normalized spacial score (nSPS) is 16.6. The number of fused-ring (bicyclic) bond motifs is 2. The number of H-pyrrole nitrogens is 2. The first-order valence-electron chi connectivity index (χ1n) is 18.7. The summed E-state index contributed by atoms with van der Waals surface area (Å²) in [5.74, 6) is 2.23. The van der Waals surface area contributed by atoms with Crippen molar-refractivity contribution in [3.8, 4) is 11.5 Å². The highest BCUT2D eigenvalue weighted by Gasteiger charge is 2.33. The van der Waals surface area contributed by atoms with E-state index < -0.39 is 37.1 Å². The molecule has 2 saturated heterocycles. The number of anilines is 2. The summed E-state index contributed by atoms with van der Waals surface area (Å²) in [5, 5.41) is 4.49. The standard InChI is InChI=1S/C22H30F3N3O3.C17H22F3N3O.ClH/c1-21(2,3)31-20(29)27-19-13-26-18-5-4-16(12-17(18)19)30-11-8-15-6-9-28(10-7-15)14-22(23,24)25;18-17(19,20)11-23-6-3-12(4-7-23)5-8-24-13-1-2-16-14(9-13)15(21)10-22-16;/h4-5,12-13,15,26H,6-11,14H2,1-3H3,(H,27,29);1-2,9-10,12,22H,3-8,11,21H2;1H. The fourth-order valence-corrected chi connectivity index (χ4v) is 6.98. The molecule has 0 spiro atoms. The number of carbonyl (C=O) groups excluding carboxylic acids is 1. The fraction of sp³-hybridized carbons (Fsp3) is 0.564. The van der Waals surface area contributed by atoms with Crippen LogP contribution in [0.25, 0.3) is 21.8 Å². The number of carbonyl (C=O) groups is 1. The monoisotopic (exact) mass is 818 g/mol. The average molecular weight is 819 g/mol. The zero-order chi connectivity index (χ0) is 39.8. The molecule has 0 unspecified atom stereocenters. The number of hydrogen-bond acceptors (Lipinski definition) is 7. The van der Waals surface area contributed by atoms with Crippen molar-refractivity contribution >= 4 is 51.7 Å². The first kappa shape index (κ1) is 44.7. The van der Waals surface area contributed by atoms with E-state index in [4.69, 9.17) is 19.9 Å². The van der Waals surface area contributed by atoms with Gasteiger partial charge < -0.3 is 29.9 Å². The Balaban J connectivity index is 0.000000252. The molecule has 17 heteroatoms. The van der Waals surface area contributed by atoms with Crippen molar-refractivity contribution in [1.82, 2.24) is 19.8 Å². The summed E-state index contributed by atoms with van der Waals surface area (Å²) in [4.78, 5) is 21.2. The van der Waals surface area contributed by atoms with Crippen molar-refractivity contribution in [2.75, 3.05) is 63.5 Å². The lowest BCUT2D eigenvalue weighted by Crippen LogP contribution is -2.40. The Hall–Kier alpha value is -4.02. The third-order valence-electron chi connectivity index (χ3n) is 9.78. The maximum atomic E-state index is 12.5. The number of nitrogen functional groups attached to an aromatic ring is 1. The highest BCUT2D eigenvalue weighted by molar-refractivity contribution is 6.00. The molecule has 0 saturated carbocycles. The summed E-state index contributed by atoms with van der Waals surface area (Å²) < 4.78 is 91.6. The molecule has 1 amide bonds. The molecule has 2 aliphatic rings. The number of aromatic amines is 2. The van der Waals surface area contributed by atoms with Crippen LogP contribution in [0, 0.1) is 11.8 Å².